The Balaban J connectivity index is 3.47. The van der Waals surface area contributed by atoms with Crippen molar-refractivity contribution < 1.29 is 42.1 Å². The zero-order valence-corrected chi connectivity index (χ0v) is 14.0. The molecule has 0 unspecified atom stereocenters. The Morgan fingerprint density at radius 3 is 1.61 bits per heavy atom. The standard InChI is InChI=1S/C7H9.3C3H2O2.Ti/c1-6-4-3-5-7(6)2;3*1-2-3(4)5;/h4H,3H2,1-2H3;3*1H,(H,4,5);/q;;;;+3/p-3. The van der Waals surface area contributed by atoms with Gasteiger partial charge in [0.05, 0.1) is 0 Å². The molecular formula is C16H12O6Ti. The maximum atomic E-state index is 11.6. The van der Waals surface area contributed by atoms with Gasteiger partial charge in [-0.3, -0.25) is 0 Å². The SMILES string of the molecule is C#CC(=O)[O][Ti]([O]C(=O)C#C)([O]C(=O)C#C)[C]1=C(C)C(C)=CC1. The van der Waals surface area contributed by atoms with Crippen molar-refractivity contribution in [3.63, 3.8) is 0 Å². The number of carbonyl (C=O) groups excluding carboxylic acids is 3. The van der Waals surface area contributed by atoms with Gasteiger partial charge in [-0.25, -0.2) is 0 Å². The molecule has 1 rings (SSSR count). The monoisotopic (exact) mass is 348 g/mol. The summed E-state index contributed by atoms with van der Waals surface area (Å²) < 4.78 is 15.6. The first-order chi connectivity index (χ1) is 10.8. The number of allylic oxidation sites excluding steroid dienone is 4. The van der Waals surface area contributed by atoms with Crippen molar-refractivity contribution in [2.75, 3.05) is 0 Å². The first kappa shape index (κ1) is 18.3. The van der Waals surface area contributed by atoms with E-state index in [-0.39, 0.29) is 6.42 Å². The van der Waals surface area contributed by atoms with E-state index in [1.807, 2.05) is 0 Å². The third kappa shape index (κ3) is 4.14. The zero-order valence-electron chi connectivity index (χ0n) is 12.5. The van der Waals surface area contributed by atoms with Gasteiger partial charge < -0.3 is 0 Å². The number of terminal acetylenes is 3. The summed E-state index contributed by atoms with van der Waals surface area (Å²) in [4.78, 5) is 34.7. The van der Waals surface area contributed by atoms with Crippen molar-refractivity contribution in [2.24, 2.45) is 0 Å². The molecule has 0 radical (unpaired) electrons. The van der Waals surface area contributed by atoms with Gasteiger partial charge in [0.15, 0.2) is 0 Å². The quantitative estimate of drug-likeness (QED) is 0.558. The number of hydrogen-bond donors (Lipinski definition) is 0. The van der Waals surface area contributed by atoms with Crippen molar-refractivity contribution in [1.82, 2.24) is 0 Å². The molecule has 0 saturated heterocycles. The Bertz CT molecular complexity index is 682. The second-order valence-corrected chi connectivity index (χ2v) is 7.99. The second-order valence-electron chi connectivity index (χ2n) is 4.35. The van der Waals surface area contributed by atoms with E-state index in [4.69, 9.17) is 29.2 Å². The molecule has 0 aliphatic heterocycles. The topological polar surface area (TPSA) is 78.9 Å². The molecule has 0 aromatic heterocycles. The average Bonchev–Trinajstić information content (AvgIpc) is 2.86. The molecule has 7 heteroatoms. The van der Waals surface area contributed by atoms with Crippen LogP contribution in [0.3, 0.4) is 0 Å². The van der Waals surface area contributed by atoms with Crippen LogP contribution < -0.4 is 0 Å². The number of rotatable bonds is 4. The van der Waals surface area contributed by atoms with E-state index in [0.29, 0.717) is 9.45 Å². The normalized spacial score (nSPS) is 13.1. The molecular weight excluding hydrogens is 336 g/mol. The van der Waals surface area contributed by atoms with Crippen molar-refractivity contribution >= 4 is 17.9 Å². The molecule has 1 aliphatic rings. The van der Waals surface area contributed by atoms with Crippen LogP contribution >= 0.6 is 0 Å². The molecule has 116 valence electrons. The predicted octanol–water partition coefficient (Wildman–Crippen LogP) is 1.04. The molecule has 0 fully saturated rings. The van der Waals surface area contributed by atoms with Gasteiger partial charge in [0.2, 0.25) is 0 Å². The van der Waals surface area contributed by atoms with Crippen molar-refractivity contribution in [3.05, 3.63) is 21.1 Å². The van der Waals surface area contributed by atoms with Crippen LogP contribution in [0.15, 0.2) is 21.1 Å². The Morgan fingerprint density at radius 1 is 0.957 bits per heavy atom. The zero-order chi connectivity index (χ0) is 17.6. The first-order valence-corrected chi connectivity index (χ1v) is 8.95. The summed E-state index contributed by atoms with van der Waals surface area (Å²) in [7, 11) is 0. The van der Waals surface area contributed by atoms with E-state index in [0.717, 1.165) is 5.57 Å². The van der Waals surface area contributed by atoms with E-state index in [1.54, 1.807) is 37.7 Å². The molecule has 0 aromatic rings. The van der Waals surface area contributed by atoms with Gasteiger partial charge in [-0.2, -0.15) is 0 Å². The fourth-order valence-electron chi connectivity index (χ4n) is 1.86. The fourth-order valence-corrected chi connectivity index (χ4v) is 5.62. The molecule has 0 bridgehead atoms. The Labute approximate surface area is 138 Å². The van der Waals surface area contributed by atoms with Crippen LogP contribution in [0.1, 0.15) is 20.3 Å². The molecule has 0 amide bonds. The predicted molar refractivity (Wildman–Crippen MR) is 75.8 cm³/mol. The summed E-state index contributed by atoms with van der Waals surface area (Å²) >= 11 is -5.01. The van der Waals surface area contributed by atoms with E-state index >= 15 is 0 Å². The molecule has 0 saturated carbocycles. The third-order valence-electron chi connectivity index (χ3n) is 3.06. The van der Waals surface area contributed by atoms with Gasteiger partial charge in [0, 0.05) is 0 Å². The van der Waals surface area contributed by atoms with Gasteiger partial charge in [0.1, 0.15) is 0 Å². The molecule has 0 N–H and O–H groups in total. The number of hydrogen-bond acceptors (Lipinski definition) is 6. The third-order valence-corrected chi connectivity index (χ3v) is 7.25. The van der Waals surface area contributed by atoms with Crippen molar-refractivity contribution in [2.45, 2.75) is 20.3 Å². The minimum absolute atomic E-state index is 0.255. The summed E-state index contributed by atoms with van der Waals surface area (Å²) in [6.45, 7) is 3.50. The Kier molecular flexibility index (Phi) is 5.99. The van der Waals surface area contributed by atoms with Crippen LogP contribution in [0.4, 0.5) is 0 Å². The van der Waals surface area contributed by atoms with Crippen LogP contribution in [-0.2, 0) is 42.1 Å². The van der Waals surface area contributed by atoms with Crippen molar-refractivity contribution in [3.8, 4) is 37.0 Å². The van der Waals surface area contributed by atoms with E-state index in [9.17, 15) is 14.4 Å². The Hall–Kier alpha value is -2.72. The van der Waals surface area contributed by atoms with Gasteiger partial charge in [-0.1, -0.05) is 0 Å². The molecule has 0 aromatic carbocycles. The van der Waals surface area contributed by atoms with E-state index in [1.165, 1.54) is 0 Å². The summed E-state index contributed by atoms with van der Waals surface area (Å²) in [5.74, 6) is 1.69. The average molecular weight is 348 g/mol. The van der Waals surface area contributed by atoms with Crippen LogP contribution in [0.2, 0.25) is 0 Å². The number of carbonyl (C=O) groups is 3. The molecule has 1 aliphatic carbocycles. The Morgan fingerprint density at radius 2 is 1.35 bits per heavy atom. The summed E-state index contributed by atoms with van der Waals surface area (Å²) in [5.41, 5.74) is 1.50. The van der Waals surface area contributed by atoms with Gasteiger partial charge >= 0.3 is 138 Å². The van der Waals surface area contributed by atoms with Crippen LogP contribution in [0.25, 0.3) is 0 Å². The van der Waals surface area contributed by atoms with Crippen LogP contribution in [0.5, 0.6) is 0 Å². The molecule has 23 heavy (non-hydrogen) atoms. The molecule has 0 heterocycles. The first-order valence-electron chi connectivity index (χ1n) is 6.25. The van der Waals surface area contributed by atoms with E-state index in [2.05, 4.69) is 0 Å². The van der Waals surface area contributed by atoms with Crippen molar-refractivity contribution in [1.29, 1.82) is 0 Å². The fraction of sp³-hybridized carbons (Fsp3) is 0.188. The summed E-state index contributed by atoms with van der Waals surface area (Å²) in [5, 5.41) is 0. The molecule has 0 spiro atoms. The van der Waals surface area contributed by atoms with Crippen LogP contribution in [-0.4, -0.2) is 17.9 Å². The maximum absolute atomic E-state index is 11.6. The summed E-state index contributed by atoms with van der Waals surface area (Å²) in [6.07, 6.45) is 17.0. The summed E-state index contributed by atoms with van der Waals surface area (Å²) in [6, 6.07) is 0. The van der Waals surface area contributed by atoms with Gasteiger partial charge in [-0.05, 0) is 0 Å². The van der Waals surface area contributed by atoms with E-state index < -0.39 is 35.7 Å². The second kappa shape index (κ2) is 7.52. The van der Waals surface area contributed by atoms with Gasteiger partial charge in [0.25, 0.3) is 0 Å². The molecule has 0 atom stereocenters. The van der Waals surface area contributed by atoms with Gasteiger partial charge in [-0.15, -0.1) is 0 Å². The minimum atomic E-state index is -5.01. The van der Waals surface area contributed by atoms with Crippen LogP contribution in [0, 0.1) is 37.0 Å². The molecule has 6 nitrogen and oxygen atoms in total.